The summed E-state index contributed by atoms with van der Waals surface area (Å²) in [5.41, 5.74) is -1.41. The summed E-state index contributed by atoms with van der Waals surface area (Å²) < 4.78 is 18.7. The second-order valence-corrected chi connectivity index (χ2v) is 4.72. The molecule has 18 heavy (non-hydrogen) atoms. The number of ether oxygens (including phenoxy) is 1. The number of carboxylic acid groups (broad SMARTS) is 1. The van der Waals surface area contributed by atoms with Gasteiger partial charge in [0.05, 0.1) is 5.60 Å². The zero-order valence-corrected chi connectivity index (χ0v) is 10.6. The van der Waals surface area contributed by atoms with Gasteiger partial charge in [0.15, 0.2) is 11.6 Å². The van der Waals surface area contributed by atoms with Crippen molar-refractivity contribution < 1.29 is 24.1 Å². The Hall–Kier alpha value is -1.62. The standard InChI is InChI=1S/C13H17FO4/c1-8(2)13(3,17)7-18-11-9(12(15)16)5-4-6-10(11)14/h4-6,8,17H,7H2,1-3H3,(H,15,16). The molecule has 1 unspecified atom stereocenters. The Labute approximate surface area is 105 Å². The first-order valence-electron chi connectivity index (χ1n) is 5.62. The van der Waals surface area contributed by atoms with Gasteiger partial charge < -0.3 is 14.9 Å². The Kier molecular flexibility index (Phi) is 4.29. The largest absolute Gasteiger partial charge is 0.487 e. The predicted molar refractivity (Wildman–Crippen MR) is 64.3 cm³/mol. The topological polar surface area (TPSA) is 66.8 Å². The Morgan fingerprint density at radius 3 is 2.61 bits per heavy atom. The minimum atomic E-state index is -1.27. The van der Waals surface area contributed by atoms with Gasteiger partial charge in [-0.15, -0.1) is 0 Å². The van der Waals surface area contributed by atoms with Crippen LogP contribution in [-0.2, 0) is 0 Å². The average molecular weight is 256 g/mol. The van der Waals surface area contributed by atoms with Gasteiger partial charge in [-0.3, -0.25) is 0 Å². The molecule has 4 nitrogen and oxygen atoms in total. The fourth-order valence-electron chi connectivity index (χ4n) is 1.21. The Bertz CT molecular complexity index is 441. The van der Waals surface area contributed by atoms with E-state index in [-0.39, 0.29) is 23.8 Å². The number of hydrogen-bond acceptors (Lipinski definition) is 3. The smallest absolute Gasteiger partial charge is 0.339 e. The molecule has 0 aliphatic heterocycles. The minimum Gasteiger partial charge on any atom is -0.487 e. The summed E-state index contributed by atoms with van der Waals surface area (Å²) in [5.74, 6) is -2.47. The number of para-hydroxylation sites is 1. The molecule has 1 rings (SSSR count). The molecule has 1 atom stereocenters. The molecule has 1 aromatic carbocycles. The van der Waals surface area contributed by atoms with Crippen LogP contribution in [0.15, 0.2) is 18.2 Å². The Morgan fingerprint density at radius 2 is 2.11 bits per heavy atom. The number of rotatable bonds is 5. The van der Waals surface area contributed by atoms with Crippen molar-refractivity contribution in [2.75, 3.05) is 6.61 Å². The lowest BCUT2D eigenvalue weighted by molar-refractivity contribution is -0.0278. The highest BCUT2D eigenvalue weighted by molar-refractivity contribution is 5.90. The van der Waals surface area contributed by atoms with E-state index in [2.05, 4.69) is 0 Å². The van der Waals surface area contributed by atoms with Crippen LogP contribution in [0.25, 0.3) is 0 Å². The number of aliphatic hydroxyl groups is 1. The van der Waals surface area contributed by atoms with E-state index in [1.165, 1.54) is 12.1 Å². The van der Waals surface area contributed by atoms with Crippen molar-refractivity contribution in [3.8, 4) is 5.75 Å². The molecule has 0 saturated heterocycles. The molecular weight excluding hydrogens is 239 g/mol. The monoisotopic (exact) mass is 256 g/mol. The second kappa shape index (κ2) is 5.35. The Morgan fingerprint density at radius 1 is 1.50 bits per heavy atom. The highest BCUT2D eigenvalue weighted by Gasteiger charge is 2.27. The third-order valence-electron chi connectivity index (χ3n) is 2.95. The van der Waals surface area contributed by atoms with Crippen molar-refractivity contribution in [3.05, 3.63) is 29.6 Å². The fraction of sp³-hybridized carbons (Fsp3) is 0.462. The molecule has 0 aliphatic rings. The predicted octanol–water partition coefficient (Wildman–Crippen LogP) is 2.31. The van der Waals surface area contributed by atoms with Gasteiger partial charge in [0.2, 0.25) is 0 Å². The van der Waals surface area contributed by atoms with E-state index >= 15 is 0 Å². The summed E-state index contributed by atoms with van der Waals surface area (Å²) in [6, 6.07) is 3.67. The van der Waals surface area contributed by atoms with Crippen molar-refractivity contribution in [2.45, 2.75) is 26.4 Å². The van der Waals surface area contributed by atoms with Crippen LogP contribution in [0.5, 0.6) is 5.75 Å². The van der Waals surface area contributed by atoms with E-state index in [9.17, 15) is 14.3 Å². The summed E-state index contributed by atoms with van der Waals surface area (Å²) in [6.07, 6.45) is 0. The molecule has 0 aliphatic carbocycles. The number of carbonyl (C=O) groups is 1. The zero-order chi connectivity index (χ0) is 13.9. The van der Waals surface area contributed by atoms with E-state index in [0.717, 1.165) is 6.07 Å². The van der Waals surface area contributed by atoms with Gasteiger partial charge in [-0.1, -0.05) is 19.9 Å². The maximum Gasteiger partial charge on any atom is 0.339 e. The second-order valence-electron chi connectivity index (χ2n) is 4.72. The minimum absolute atomic E-state index is 0.0995. The van der Waals surface area contributed by atoms with E-state index in [4.69, 9.17) is 9.84 Å². The maximum absolute atomic E-state index is 13.5. The number of halogens is 1. The van der Waals surface area contributed by atoms with Gasteiger partial charge in [0, 0.05) is 0 Å². The van der Waals surface area contributed by atoms with Crippen LogP contribution in [0.2, 0.25) is 0 Å². The highest BCUT2D eigenvalue weighted by Crippen LogP contribution is 2.25. The number of aromatic carboxylic acids is 1. The van der Waals surface area contributed by atoms with Crippen LogP contribution in [0.3, 0.4) is 0 Å². The summed E-state index contributed by atoms with van der Waals surface area (Å²) >= 11 is 0. The van der Waals surface area contributed by atoms with Crippen LogP contribution in [0.1, 0.15) is 31.1 Å². The van der Waals surface area contributed by atoms with E-state index in [0.29, 0.717) is 0 Å². The van der Waals surface area contributed by atoms with Crippen molar-refractivity contribution >= 4 is 5.97 Å². The zero-order valence-electron chi connectivity index (χ0n) is 10.6. The molecule has 1 aromatic rings. The van der Waals surface area contributed by atoms with Gasteiger partial charge in [0.25, 0.3) is 0 Å². The van der Waals surface area contributed by atoms with Gasteiger partial charge >= 0.3 is 5.97 Å². The van der Waals surface area contributed by atoms with Crippen LogP contribution in [0.4, 0.5) is 4.39 Å². The summed E-state index contributed by atoms with van der Waals surface area (Å²) in [4.78, 5) is 10.9. The maximum atomic E-state index is 13.5. The van der Waals surface area contributed by atoms with Gasteiger partial charge in [-0.05, 0) is 25.0 Å². The molecule has 0 saturated carbocycles. The number of benzene rings is 1. The van der Waals surface area contributed by atoms with Crippen LogP contribution in [-0.4, -0.2) is 28.4 Å². The molecule has 0 heterocycles. The molecule has 2 N–H and O–H groups in total. The molecule has 100 valence electrons. The third kappa shape index (κ3) is 3.20. The Balaban J connectivity index is 2.95. The number of carboxylic acids is 1. The lowest BCUT2D eigenvalue weighted by Crippen LogP contribution is -2.38. The van der Waals surface area contributed by atoms with Crippen molar-refractivity contribution in [1.29, 1.82) is 0 Å². The first-order chi connectivity index (χ1) is 8.25. The lowest BCUT2D eigenvalue weighted by atomic mass is 9.94. The highest BCUT2D eigenvalue weighted by atomic mass is 19.1. The summed E-state index contributed by atoms with van der Waals surface area (Å²) in [6.45, 7) is 4.97. The van der Waals surface area contributed by atoms with Crippen molar-refractivity contribution in [2.24, 2.45) is 5.92 Å². The summed E-state index contributed by atoms with van der Waals surface area (Å²) in [7, 11) is 0. The van der Waals surface area contributed by atoms with Crippen LogP contribution < -0.4 is 4.74 Å². The third-order valence-corrected chi connectivity index (χ3v) is 2.95. The SMILES string of the molecule is CC(C)C(C)(O)COc1c(F)cccc1C(=O)O. The normalized spacial score (nSPS) is 14.3. The molecule has 0 amide bonds. The molecule has 0 aromatic heterocycles. The van der Waals surface area contributed by atoms with E-state index in [1.807, 2.05) is 0 Å². The van der Waals surface area contributed by atoms with Crippen molar-refractivity contribution in [1.82, 2.24) is 0 Å². The van der Waals surface area contributed by atoms with Gasteiger partial charge in [-0.2, -0.15) is 0 Å². The molecule has 0 fully saturated rings. The first kappa shape index (κ1) is 14.4. The first-order valence-corrected chi connectivity index (χ1v) is 5.62. The molecule has 5 heteroatoms. The summed E-state index contributed by atoms with van der Waals surface area (Å²) in [5, 5.41) is 18.9. The molecule has 0 radical (unpaired) electrons. The van der Waals surface area contributed by atoms with Crippen LogP contribution in [0, 0.1) is 11.7 Å². The van der Waals surface area contributed by atoms with E-state index in [1.54, 1.807) is 20.8 Å². The van der Waals surface area contributed by atoms with Gasteiger partial charge in [-0.25, -0.2) is 9.18 Å². The molecule has 0 spiro atoms. The lowest BCUT2D eigenvalue weighted by Gasteiger charge is -2.27. The quantitative estimate of drug-likeness (QED) is 0.848. The molecular formula is C13H17FO4. The number of hydrogen-bond donors (Lipinski definition) is 2. The molecule has 0 bridgehead atoms. The van der Waals surface area contributed by atoms with Crippen molar-refractivity contribution in [3.63, 3.8) is 0 Å². The van der Waals surface area contributed by atoms with Crippen LogP contribution >= 0.6 is 0 Å². The van der Waals surface area contributed by atoms with Gasteiger partial charge in [0.1, 0.15) is 12.2 Å². The average Bonchev–Trinajstić information content (AvgIpc) is 2.26. The fourth-order valence-corrected chi connectivity index (χ4v) is 1.21. The van der Waals surface area contributed by atoms with E-state index < -0.39 is 17.4 Å².